The zero-order valence-corrected chi connectivity index (χ0v) is 11.4. The number of nitrogens with zero attached hydrogens (tertiary/aromatic N) is 2. The molecule has 4 nitrogen and oxygen atoms in total. The molecule has 2 N–H and O–H groups in total. The second kappa shape index (κ2) is 6.57. The van der Waals surface area contributed by atoms with Crippen LogP contribution in [0.25, 0.3) is 0 Å². The van der Waals surface area contributed by atoms with E-state index in [0.717, 1.165) is 30.5 Å². The van der Waals surface area contributed by atoms with Gasteiger partial charge in [0.2, 0.25) is 0 Å². The van der Waals surface area contributed by atoms with E-state index in [1.807, 2.05) is 6.07 Å². The standard InChI is InChI=1S/C14H24N4/c1-11(2)7-8-15-13-9-14(17-10-16-13)18-12-5-3-4-6-12/h9-12H,3-8H2,1-2H3,(H2,15,16,17,18). The topological polar surface area (TPSA) is 49.8 Å². The molecule has 0 aromatic carbocycles. The van der Waals surface area contributed by atoms with Crippen molar-refractivity contribution in [3.63, 3.8) is 0 Å². The summed E-state index contributed by atoms with van der Waals surface area (Å²) in [6, 6.07) is 2.61. The maximum absolute atomic E-state index is 4.28. The van der Waals surface area contributed by atoms with Gasteiger partial charge < -0.3 is 10.6 Å². The molecule has 18 heavy (non-hydrogen) atoms. The van der Waals surface area contributed by atoms with E-state index in [4.69, 9.17) is 0 Å². The van der Waals surface area contributed by atoms with Crippen LogP contribution < -0.4 is 10.6 Å². The molecule has 1 aliphatic carbocycles. The van der Waals surface area contributed by atoms with Gasteiger partial charge in [-0.15, -0.1) is 0 Å². The molecule has 0 saturated heterocycles. The van der Waals surface area contributed by atoms with Gasteiger partial charge in [-0.05, 0) is 25.2 Å². The Labute approximate surface area is 110 Å². The third-order valence-electron chi connectivity index (χ3n) is 3.40. The first kappa shape index (κ1) is 13.1. The van der Waals surface area contributed by atoms with Crippen molar-refractivity contribution in [3.05, 3.63) is 12.4 Å². The molecule has 0 bridgehead atoms. The number of nitrogens with one attached hydrogen (secondary N) is 2. The Hall–Kier alpha value is -1.32. The van der Waals surface area contributed by atoms with E-state index in [9.17, 15) is 0 Å². The Morgan fingerprint density at radius 3 is 2.67 bits per heavy atom. The van der Waals surface area contributed by atoms with Crippen LogP contribution in [0.1, 0.15) is 46.0 Å². The van der Waals surface area contributed by atoms with Crippen LogP contribution in [0.4, 0.5) is 11.6 Å². The Balaban J connectivity index is 1.84. The van der Waals surface area contributed by atoms with Crippen molar-refractivity contribution < 1.29 is 0 Å². The van der Waals surface area contributed by atoms with Gasteiger partial charge in [-0.25, -0.2) is 9.97 Å². The molecular weight excluding hydrogens is 224 g/mol. The third kappa shape index (κ3) is 4.17. The molecule has 0 aliphatic heterocycles. The zero-order chi connectivity index (χ0) is 12.8. The van der Waals surface area contributed by atoms with E-state index in [0.29, 0.717) is 6.04 Å². The number of hydrogen-bond donors (Lipinski definition) is 2. The summed E-state index contributed by atoms with van der Waals surface area (Å²) in [7, 11) is 0. The van der Waals surface area contributed by atoms with Crippen molar-refractivity contribution in [2.24, 2.45) is 5.92 Å². The summed E-state index contributed by atoms with van der Waals surface area (Å²) >= 11 is 0. The summed E-state index contributed by atoms with van der Waals surface area (Å²) in [5.74, 6) is 2.59. The van der Waals surface area contributed by atoms with Crippen molar-refractivity contribution in [2.75, 3.05) is 17.2 Å². The summed E-state index contributed by atoms with van der Waals surface area (Å²) in [6.45, 7) is 5.43. The number of anilines is 2. The average molecular weight is 248 g/mol. The lowest BCUT2D eigenvalue weighted by molar-refractivity contribution is 0.606. The Morgan fingerprint density at radius 2 is 1.94 bits per heavy atom. The SMILES string of the molecule is CC(C)CCNc1cc(NC2CCCC2)ncn1. The molecule has 0 radical (unpaired) electrons. The Bertz CT molecular complexity index is 359. The van der Waals surface area contributed by atoms with Crippen molar-refractivity contribution in [2.45, 2.75) is 52.0 Å². The number of hydrogen-bond acceptors (Lipinski definition) is 4. The van der Waals surface area contributed by atoms with E-state index >= 15 is 0 Å². The van der Waals surface area contributed by atoms with Crippen LogP contribution in [-0.2, 0) is 0 Å². The molecule has 1 aromatic rings. The van der Waals surface area contributed by atoms with Crippen LogP contribution in [0.5, 0.6) is 0 Å². The second-order valence-electron chi connectivity index (χ2n) is 5.52. The minimum Gasteiger partial charge on any atom is -0.370 e. The first-order valence-electron chi connectivity index (χ1n) is 7.06. The minimum absolute atomic E-state index is 0.600. The fraction of sp³-hybridized carbons (Fsp3) is 0.714. The van der Waals surface area contributed by atoms with Crippen LogP contribution >= 0.6 is 0 Å². The molecule has 1 heterocycles. The van der Waals surface area contributed by atoms with Gasteiger partial charge in [0.15, 0.2) is 0 Å². The maximum Gasteiger partial charge on any atom is 0.131 e. The molecule has 1 aliphatic rings. The first-order valence-corrected chi connectivity index (χ1v) is 7.06. The molecule has 2 rings (SSSR count). The maximum atomic E-state index is 4.28. The van der Waals surface area contributed by atoms with Gasteiger partial charge in [0, 0.05) is 18.7 Å². The Kier molecular flexibility index (Phi) is 4.79. The van der Waals surface area contributed by atoms with Gasteiger partial charge in [0.25, 0.3) is 0 Å². The average Bonchev–Trinajstić information content (AvgIpc) is 2.82. The third-order valence-corrected chi connectivity index (χ3v) is 3.40. The van der Waals surface area contributed by atoms with E-state index < -0.39 is 0 Å². The predicted molar refractivity (Wildman–Crippen MR) is 75.9 cm³/mol. The summed E-state index contributed by atoms with van der Waals surface area (Å²) in [4.78, 5) is 8.53. The van der Waals surface area contributed by atoms with Gasteiger partial charge in [0.1, 0.15) is 18.0 Å². The fourth-order valence-electron chi connectivity index (χ4n) is 2.30. The molecule has 100 valence electrons. The van der Waals surface area contributed by atoms with E-state index in [2.05, 4.69) is 34.4 Å². The summed E-state index contributed by atoms with van der Waals surface area (Å²) < 4.78 is 0. The van der Waals surface area contributed by atoms with Crippen molar-refractivity contribution >= 4 is 11.6 Å². The summed E-state index contributed by atoms with van der Waals surface area (Å²) in [6.07, 6.45) is 8.00. The van der Waals surface area contributed by atoms with Crippen molar-refractivity contribution in [1.82, 2.24) is 9.97 Å². The van der Waals surface area contributed by atoms with Crippen molar-refractivity contribution in [3.8, 4) is 0 Å². The molecule has 0 atom stereocenters. The summed E-state index contributed by atoms with van der Waals surface area (Å²) in [5.41, 5.74) is 0. The second-order valence-corrected chi connectivity index (χ2v) is 5.52. The van der Waals surface area contributed by atoms with Crippen LogP contribution in [-0.4, -0.2) is 22.6 Å². The lowest BCUT2D eigenvalue weighted by atomic mass is 10.1. The molecule has 1 fully saturated rings. The van der Waals surface area contributed by atoms with Crippen LogP contribution in [0.15, 0.2) is 12.4 Å². The minimum atomic E-state index is 0.600. The predicted octanol–water partition coefficient (Wildman–Crippen LogP) is 3.29. The van der Waals surface area contributed by atoms with Crippen LogP contribution in [0.2, 0.25) is 0 Å². The smallest absolute Gasteiger partial charge is 0.131 e. The van der Waals surface area contributed by atoms with Gasteiger partial charge in [-0.1, -0.05) is 26.7 Å². The molecule has 0 amide bonds. The normalized spacial score (nSPS) is 16.2. The quantitative estimate of drug-likeness (QED) is 0.811. The van der Waals surface area contributed by atoms with Crippen molar-refractivity contribution in [1.29, 1.82) is 0 Å². The monoisotopic (exact) mass is 248 g/mol. The number of aromatic nitrogens is 2. The van der Waals surface area contributed by atoms with Gasteiger partial charge in [-0.2, -0.15) is 0 Å². The summed E-state index contributed by atoms with van der Waals surface area (Å²) in [5, 5.41) is 6.84. The lowest BCUT2D eigenvalue weighted by Crippen LogP contribution is -2.16. The lowest BCUT2D eigenvalue weighted by Gasteiger charge is -2.13. The molecular formula is C14H24N4. The van der Waals surface area contributed by atoms with Gasteiger partial charge in [-0.3, -0.25) is 0 Å². The van der Waals surface area contributed by atoms with E-state index in [1.54, 1.807) is 6.33 Å². The highest BCUT2D eigenvalue weighted by Gasteiger charge is 2.14. The molecule has 1 aromatic heterocycles. The first-order chi connectivity index (χ1) is 8.74. The fourth-order valence-corrected chi connectivity index (χ4v) is 2.30. The zero-order valence-electron chi connectivity index (χ0n) is 11.4. The van der Waals surface area contributed by atoms with Gasteiger partial charge >= 0.3 is 0 Å². The Morgan fingerprint density at radius 1 is 1.22 bits per heavy atom. The highest BCUT2D eigenvalue weighted by Crippen LogP contribution is 2.21. The van der Waals surface area contributed by atoms with Crippen LogP contribution in [0, 0.1) is 5.92 Å². The molecule has 0 spiro atoms. The van der Waals surface area contributed by atoms with E-state index in [-0.39, 0.29) is 0 Å². The number of rotatable bonds is 6. The highest BCUT2D eigenvalue weighted by atomic mass is 15.1. The largest absolute Gasteiger partial charge is 0.370 e. The van der Waals surface area contributed by atoms with Gasteiger partial charge in [0.05, 0.1) is 0 Å². The van der Waals surface area contributed by atoms with E-state index in [1.165, 1.54) is 25.7 Å². The molecule has 4 heteroatoms. The molecule has 0 unspecified atom stereocenters. The highest BCUT2D eigenvalue weighted by molar-refractivity contribution is 5.46. The van der Waals surface area contributed by atoms with Crippen LogP contribution in [0.3, 0.4) is 0 Å². The molecule has 1 saturated carbocycles.